The molecule has 0 amide bonds. The lowest BCUT2D eigenvalue weighted by Gasteiger charge is -2.32. The number of ether oxygens (including phenoxy) is 2. The summed E-state index contributed by atoms with van der Waals surface area (Å²) >= 11 is 0. The first kappa shape index (κ1) is 12.8. The van der Waals surface area contributed by atoms with Crippen LogP contribution in [0.5, 0.6) is 0 Å². The van der Waals surface area contributed by atoms with Crippen LogP contribution in [0.15, 0.2) is 0 Å². The van der Waals surface area contributed by atoms with E-state index in [2.05, 4.69) is 5.43 Å². The van der Waals surface area contributed by atoms with Crippen LogP contribution >= 0.6 is 0 Å². The van der Waals surface area contributed by atoms with Crippen LogP contribution in [-0.2, 0) is 9.47 Å². The maximum Gasteiger partial charge on any atom is 0.0788 e. The van der Waals surface area contributed by atoms with Crippen molar-refractivity contribution in [2.24, 2.45) is 5.84 Å². The zero-order valence-electron chi connectivity index (χ0n) is 9.09. The standard InChI is InChI=1S/C9H22N2O2/c1-9(2,13-4)8(11-10)6-5-7-12-3/h8,11H,5-7,10H2,1-4H3. The molecule has 0 aliphatic heterocycles. The van der Waals surface area contributed by atoms with Gasteiger partial charge in [0, 0.05) is 26.9 Å². The van der Waals surface area contributed by atoms with Gasteiger partial charge in [0.25, 0.3) is 0 Å². The monoisotopic (exact) mass is 190 g/mol. The van der Waals surface area contributed by atoms with Gasteiger partial charge in [0.2, 0.25) is 0 Å². The third-order valence-electron chi connectivity index (χ3n) is 2.41. The first-order valence-corrected chi connectivity index (χ1v) is 4.58. The topological polar surface area (TPSA) is 56.5 Å². The fraction of sp³-hybridized carbons (Fsp3) is 1.00. The fourth-order valence-electron chi connectivity index (χ4n) is 1.21. The van der Waals surface area contributed by atoms with Crippen LogP contribution in [0.4, 0.5) is 0 Å². The second-order valence-corrected chi connectivity index (χ2v) is 3.66. The molecule has 0 bridgehead atoms. The number of hydrogen-bond acceptors (Lipinski definition) is 4. The third kappa shape index (κ3) is 4.57. The molecule has 0 aliphatic carbocycles. The first-order chi connectivity index (χ1) is 6.08. The van der Waals surface area contributed by atoms with E-state index >= 15 is 0 Å². The van der Waals surface area contributed by atoms with E-state index in [4.69, 9.17) is 15.3 Å². The minimum atomic E-state index is -0.234. The minimum Gasteiger partial charge on any atom is -0.385 e. The van der Waals surface area contributed by atoms with Crippen LogP contribution in [0.1, 0.15) is 26.7 Å². The molecule has 4 nitrogen and oxygen atoms in total. The minimum absolute atomic E-state index is 0.160. The highest BCUT2D eigenvalue weighted by molar-refractivity contribution is 4.83. The number of hydrazine groups is 1. The zero-order valence-corrected chi connectivity index (χ0v) is 9.09. The van der Waals surface area contributed by atoms with Gasteiger partial charge in [-0.2, -0.15) is 0 Å². The second kappa shape index (κ2) is 6.32. The van der Waals surface area contributed by atoms with Gasteiger partial charge in [-0.3, -0.25) is 11.3 Å². The van der Waals surface area contributed by atoms with Crippen LogP contribution < -0.4 is 11.3 Å². The largest absolute Gasteiger partial charge is 0.385 e. The van der Waals surface area contributed by atoms with E-state index in [0.717, 1.165) is 19.4 Å². The molecule has 0 aromatic rings. The summed E-state index contributed by atoms with van der Waals surface area (Å²) in [5.41, 5.74) is 2.54. The van der Waals surface area contributed by atoms with Gasteiger partial charge in [-0.15, -0.1) is 0 Å². The molecule has 0 heterocycles. The lowest BCUT2D eigenvalue weighted by molar-refractivity contribution is -0.0144. The molecule has 0 fully saturated rings. The van der Waals surface area contributed by atoms with Crippen LogP contribution in [-0.4, -0.2) is 32.5 Å². The number of nitrogens with one attached hydrogen (secondary N) is 1. The Morgan fingerprint density at radius 2 is 2.00 bits per heavy atom. The summed E-state index contributed by atoms with van der Waals surface area (Å²) in [4.78, 5) is 0. The van der Waals surface area contributed by atoms with Gasteiger partial charge in [-0.25, -0.2) is 0 Å². The van der Waals surface area contributed by atoms with E-state index in [1.165, 1.54) is 0 Å². The van der Waals surface area contributed by atoms with E-state index in [1.807, 2.05) is 13.8 Å². The Balaban J connectivity index is 3.87. The third-order valence-corrected chi connectivity index (χ3v) is 2.41. The molecule has 0 aromatic heterocycles. The Morgan fingerprint density at radius 1 is 1.38 bits per heavy atom. The van der Waals surface area contributed by atoms with E-state index in [-0.39, 0.29) is 11.6 Å². The number of hydrogen-bond donors (Lipinski definition) is 2. The molecule has 4 heteroatoms. The average Bonchev–Trinajstić information content (AvgIpc) is 2.12. The molecule has 0 radical (unpaired) electrons. The summed E-state index contributed by atoms with van der Waals surface area (Å²) in [6, 6.07) is 0.160. The molecule has 1 unspecified atom stereocenters. The highest BCUT2D eigenvalue weighted by Gasteiger charge is 2.27. The van der Waals surface area contributed by atoms with E-state index < -0.39 is 0 Å². The lowest BCUT2D eigenvalue weighted by atomic mass is 9.95. The van der Waals surface area contributed by atoms with Crippen molar-refractivity contribution in [1.29, 1.82) is 0 Å². The van der Waals surface area contributed by atoms with Gasteiger partial charge in [-0.1, -0.05) is 0 Å². The summed E-state index contributed by atoms with van der Waals surface area (Å²) in [5.74, 6) is 5.45. The van der Waals surface area contributed by atoms with Crippen molar-refractivity contribution in [3.8, 4) is 0 Å². The summed E-state index contributed by atoms with van der Waals surface area (Å²) < 4.78 is 10.3. The Labute approximate surface area is 80.7 Å². The molecule has 1 atom stereocenters. The smallest absolute Gasteiger partial charge is 0.0788 e. The van der Waals surface area contributed by atoms with Gasteiger partial charge in [-0.05, 0) is 26.7 Å². The Morgan fingerprint density at radius 3 is 2.38 bits per heavy atom. The van der Waals surface area contributed by atoms with Gasteiger partial charge in [0.05, 0.1) is 5.60 Å². The molecule has 0 aromatic carbocycles. The Bertz CT molecular complexity index is 129. The SMILES string of the molecule is COCCCC(NN)C(C)(C)OC. The molecule has 3 N–H and O–H groups in total. The van der Waals surface area contributed by atoms with Crippen LogP contribution in [0.25, 0.3) is 0 Å². The molecule has 0 aliphatic rings. The first-order valence-electron chi connectivity index (χ1n) is 4.58. The highest BCUT2D eigenvalue weighted by atomic mass is 16.5. The van der Waals surface area contributed by atoms with Crippen molar-refractivity contribution in [3.05, 3.63) is 0 Å². The molecule has 13 heavy (non-hydrogen) atoms. The lowest BCUT2D eigenvalue weighted by Crippen LogP contribution is -2.51. The molecule has 0 rings (SSSR count). The summed E-state index contributed by atoms with van der Waals surface area (Å²) in [7, 11) is 3.40. The van der Waals surface area contributed by atoms with Gasteiger partial charge in [0.15, 0.2) is 0 Å². The van der Waals surface area contributed by atoms with Gasteiger partial charge < -0.3 is 9.47 Å². The summed E-state index contributed by atoms with van der Waals surface area (Å²) in [6.45, 7) is 4.80. The zero-order chi connectivity index (χ0) is 10.3. The van der Waals surface area contributed by atoms with Crippen molar-refractivity contribution in [1.82, 2.24) is 5.43 Å². The van der Waals surface area contributed by atoms with E-state index in [1.54, 1.807) is 14.2 Å². The molecular weight excluding hydrogens is 168 g/mol. The molecule has 0 saturated heterocycles. The van der Waals surface area contributed by atoms with Crippen molar-refractivity contribution >= 4 is 0 Å². The van der Waals surface area contributed by atoms with E-state index in [0.29, 0.717) is 0 Å². The number of methoxy groups -OCH3 is 2. The molecule has 0 spiro atoms. The average molecular weight is 190 g/mol. The Kier molecular flexibility index (Phi) is 6.24. The molecular formula is C9H22N2O2. The maximum absolute atomic E-state index is 5.45. The predicted molar refractivity (Wildman–Crippen MR) is 53.3 cm³/mol. The maximum atomic E-state index is 5.45. The quantitative estimate of drug-likeness (QED) is 0.352. The van der Waals surface area contributed by atoms with Crippen molar-refractivity contribution in [2.45, 2.75) is 38.3 Å². The van der Waals surface area contributed by atoms with Gasteiger partial charge in [0.1, 0.15) is 0 Å². The van der Waals surface area contributed by atoms with Crippen molar-refractivity contribution < 1.29 is 9.47 Å². The van der Waals surface area contributed by atoms with Crippen molar-refractivity contribution in [2.75, 3.05) is 20.8 Å². The van der Waals surface area contributed by atoms with Crippen LogP contribution in [0, 0.1) is 0 Å². The predicted octanol–water partition coefficient (Wildman–Crippen LogP) is 0.670. The summed E-state index contributed by atoms with van der Waals surface area (Å²) in [6.07, 6.45) is 1.93. The Hall–Kier alpha value is -0.160. The van der Waals surface area contributed by atoms with Crippen LogP contribution in [0.2, 0.25) is 0 Å². The fourth-order valence-corrected chi connectivity index (χ4v) is 1.21. The van der Waals surface area contributed by atoms with Crippen LogP contribution in [0.3, 0.4) is 0 Å². The number of nitrogens with two attached hydrogens (primary N) is 1. The van der Waals surface area contributed by atoms with Gasteiger partial charge >= 0.3 is 0 Å². The molecule has 80 valence electrons. The van der Waals surface area contributed by atoms with Crippen molar-refractivity contribution in [3.63, 3.8) is 0 Å². The summed E-state index contributed by atoms with van der Waals surface area (Å²) in [5, 5.41) is 0. The second-order valence-electron chi connectivity index (χ2n) is 3.66. The molecule has 0 saturated carbocycles. The normalized spacial score (nSPS) is 14.5. The number of rotatable bonds is 7. The highest BCUT2D eigenvalue weighted by Crippen LogP contribution is 2.17. The van der Waals surface area contributed by atoms with E-state index in [9.17, 15) is 0 Å².